The molecule has 3 rings (SSSR count). The van der Waals surface area contributed by atoms with Crippen LogP contribution in [0.3, 0.4) is 0 Å². The van der Waals surface area contributed by atoms with Gasteiger partial charge in [-0.1, -0.05) is 41.9 Å². The maximum atomic E-state index is 4.85. The maximum Gasteiger partial charge on any atom is 0.123 e. The second-order valence-corrected chi connectivity index (χ2v) is 7.64. The number of rotatable bonds is 2. The minimum atomic E-state index is 0.784. The largest absolute Gasteiger partial charge is 0.241 e. The van der Waals surface area contributed by atoms with Gasteiger partial charge in [-0.25, -0.2) is 4.98 Å². The third-order valence-electron chi connectivity index (χ3n) is 4.01. The van der Waals surface area contributed by atoms with E-state index >= 15 is 0 Å². The Morgan fingerprint density at radius 3 is 2.68 bits per heavy atom. The highest BCUT2D eigenvalue weighted by Crippen LogP contribution is 2.36. The summed E-state index contributed by atoms with van der Waals surface area (Å²) < 4.78 is 1.12. The van der Waals surface area contributed by atoms with Crippen LogP contribution in [0.1, 0.15) is 30.8 Å². The normalized spacial score (nSPS) is 18.6. The van der Waals surface area contributed by atoms with Crippen molar-refractivity contribution in [2.75, 3.05) is 0 Å². The van der Waals surface area contributed by atoms with Gasteiger partial charge >= 0.3 is 0 Å². The van der Waals surface area contributed by atoms with Crippen LogP contribution < -0.4 is 0 Å². The summed E-state index contributed by atoms with van der Waals surface area (Å²) in [6, 6.07) is 8.47. The highest BCUT2D eigenvalue weighted by Gasteiger charge is 2.24. The lowest BCUT2D eigenvalue weighted by Crippen LogP contribution is -2.17. The average Bonchev–Trinajstić information content (AvgIpc) is 2.82. The minimum Gasteiger partial charge on any atom is -0.241 e. The van der Waals surface area contributed by atoms with Gasteiger partial charge in [0.1, 0.15) is 5.01 Å². The lowest BCUT2D eigenvalue weighted by atomic mass is 9.83. The topological polar surface area (TPSA) is 12.9 Å². The van der Waals surface area contributed by atoms with Crippen LogP contribution in [0.25, 0.3) is 10.6 Å². The first-order valence-electron chi connectivity index (χ1n) is 6.88. The molecule has 1 aromatic carbocycles. The van der Waals surface area contributed by atoms with Crippen LogP contribution in [0.5, 0.6) is 0 Å². The van der Waals surface area contributed by atoms with Crippen molar-refractivity contribution in [1.29, 1.82) is 0 Å². The molecule has 0 saturated heterocycles. The zero-order chi connectivity index (χ0) is 13.4. The molecule has 1 unspecified atom stereocenters. The summed E-state index contributed by atoms with van der Waals surface area (Å²) in [5.74, 6) is 1.62. The number of thiazole rings is 1. The van der Waals surface area contributed by atoms with Crippen molar-refractivity contribution in [3.05, 3.63) is 39.3 Å². The predicted octanol–water partition coefficient (Wildman–Crippen LogP) is 5.33. The molecule has 19 heavy (non-hydrogen) atoms. The van der Waals surface area contributed by atoms with Gasteiger partial charge in [0.25, 0.3) is 0 Å². The molecule has 1 nitrogen and oxygen atoms in total. The van der Waals surface area contributed by atoms with Crippen LogP contribution >= 0.6 is 27.3 Å². The molecule has 2 aromatic rings. The molecule has 0 aliphatic heterocycles. The summed E-state index contributed by atoms with van der Waals surface area (Å²) in [7, 11) is 0. The fourth-order valence-corrected chi connectivity index (χ4v) is 4.16. The van der Waals surface area contributed by atoms with Crippen LogP contribution in [-0.2, 0) is 12.8 Å². The lowest BCUT2D eigenvalue weighted by Gasteiger charge is -2.24. The van der Waals surface area contributed by atoms with Crippen molar-refractivity contribution in [3.8, 4) is 10.6 Å². The van der Waals surface area contributed by atoms with E-state index in [1.807, 2.05) is 11.3 Å². The Labute approximate surface area is 127 Å². The van der Waals surface area contributed by atoms with E-state index in [2.05, 4.69) is 54.0 Å². The summed E-state index contributed by atoms with van der Waals surface area (Å²) in [5.41, 5.74) is 2.59. The molecular formula is C16H18BrNS. The van der Waals surface area contributed by atoms with E-state index in [0.717, 1.165) is 22.7 Å². The van der Waals surface area contributed by atoms with E-state index in [9.17, 15) is 0 Å². The number of hydrogen-bond donors (Lipinski definition) is 0. The average molecular weight is 336 g/mol. The minimum absolute atomic E-state index is 0.784. The summed E-state index contributed by atoms with van der Waals surface area (Å²) in [6.07, 6.45) is 3.68. The van der Waals surface area contributed by atoms with Gasteiger partial charge in [-0.3, -0.25) is 0 Å². The lowest BCUT2D eigenvalue weighted by molar-refractivity contribution is 0.344. The van der Waals surface area contributed by atoms with Crippen molar-refractivity contribution in [2.24, 2.45) is 11.8 Å². The number of benzene rings is 1. The van der Waals surface area contributed by atoms with Crippen molar-refractivity contribution < 1.29 is 0 Å². The van der Waals surface area contributed by atoms with Crippen LogP contribution in [0, 0.1) is 11.8 Å². The highest BCUT2D eigenvalue weighted by atomic mass is 79.9. The molecule has 0 saturated carbocycles. The van der Waals surface area contributed by atoms with E-state index in [0.29, 0.717) is 0 Å². The fourth-order valence-electron chi connectivity index (χ4n) is 2.69. The highest BCUT2D eigenvalue weighted by molar-refractivity contribution is 9.10. The van der Waals surface area contributed by atoms with Gasteiger partial charge in [-0.05, 0) is 43.2 Å². The molecule has 0 fully saturated rings. The molecule has 1 aliphatic rings. The third-order valence-corrected chi connectivity index (χ3v) is 5.71. The number of aryl methyl sites for hydroxylation is 1. The Hall–Kier alpha value is -0.670. The molecule has 0 amide bonds. The molecular weight excluding hydrogens is 318 g/mol. The Kier molecular flexibility index (Phi) is 3.77. The Balaban J connectivity index is 1.89. The molecule has 100 valence electrons. The van der Waals surface area contributed by atoms with Crippen molar-refractivity contribution >= 4 is 27.3 Å². The Morgan fingerprint density at radius 2 is 2.00 bits per heavy atom. The first kappa shape index (κ1) is 13.3. The van der Waals surface area contributed by atoms with Gasteiger partial charge in [0.15, 0.2) is 0 Å². The van der Waals surface area contributed by atoms with Crippen molar-refractivity contribution in [1.82, 2.24) is 4.98 Å². The van der Waals surface area contributed by atoms with Gasteiger partial charge in [-0.2, -0.15) is 0 Å². The first-order chi connectivity index (χ1) is 9.13. The zero-order valence-electron chi connectivity index (χ0n) is 11.3. The first-order valence-corrected chi connectivity index (χ1v) is 8.49. The summed E-state index contributed by atoms with van der Waals surface area (Å²) in [4.78, 5) is 6.36. The standard InChI is InChI=1S/C16H18BrNS/c1-10(2)12-5-8-14-15(9-12)19-16(18-14)11-3-6-13(17)7-4-11/h3-4,6-7,10,12H,5,8-9H2,1-2H3. The van der Waals surface area contributed by atoms with Gasteiger partial charge in [-0.15, -0.1) is 11.3 Å². The van der Waals surface area contributed by atoms with Crippen LogP contribution in [0.2, 0.25) is 0 Å². The molecule has 0 bridgehead atoms. The number of nitrogens with zero attached hydrogens (tertiary/aromatic N) is 1. The monoisotopic (exact) mass is 335 g/mol. The quantitative estimate of drug-likeness (QED) is 0.722. The SMILES string of the molecule is CC(C)C1CCc2nc(-c3ccc(Br)cc3)sc2C1. The van der Waals surface area contributed by atoms with E-state index in [1.165, 1.54) is 34.0 Å². The number of aromatic nitrogens is 1. The summed E-state index contributed by atoms with van der Waals surface area (Å²) in [5, 5.41) is 1.18. The molecule has 1 aromatic heterocycles. The van der Waals surface area contributed by atoms with E-state index in [-0.39, 0.29) is 0 Å². The number of hydrogen-bond acceptors (Lipinski definition) is 2. The Bertz CT molecular complexity index is 571. The van der Waals surface area contributed by atoms with Crippen LogP contribution in [0.4, 0.5) is 0 Å². The second-order valence-electron chi connectivity index (χ2n) is 5.64. The van der Waals surface area contributed by atoms with E-state index in [1.54, 1.807) is 0 Å². The Morgan fingerprint density at radius 1 is 1.26 bits per heavy atom. The van der Waals surface area contributed by atoms with Gasteiger partial charge in [0.2, 0.25) is 0 Å². The van der Waals surface area contributed by atoms with Gasteiger partial charge in [0, 0.05) is 14.9 Å². The maximum absolute atomic E-state index is 4.85. The van der Waals surface area contributed by atoms with E-state index in [4.69, 9.17) is 4.98 Å². The van der Waals surface area contributed by atoms with Crippen LogP contribution in [-0.4, -0.2) is 4.98 Å². The molecule has 0 radical (unpaired) electrons. The van der Waals surface area contributed by atoms with Gasteiger partial charge < -0.3 is 0 Å². The molecule has 0 spiro atoms. The number of halogens is 1. The van der Waals surface area contributed by atoms with Crippen molar-refractivity contribution in [2.45, 2.75) is 33.1 Å². The smallest absolute Gasteiger partial charge is 0.123 e. The zero-order valence-corrected chi connectivity index (χ0v) is 13.7. The van der Waals surface area contributed by atoms with Crippen LogP contribution in [0.15, 0.2) is 28.7 Å². The summed E-state index contributed by atoms with van der Waals surface area (Å²) >= 11 is 5.37. The fraction of sp³-hybridized carbons (Fsp3) is 0.438. The molecule has 1 aliphatic carbocycles. The van der Waals surface area contributed by atoms with Gasteiger partial charge in [0.05, 0.1) is 5.69 Å². The number of fused-ring (bicyclic) bond motifs is 1. The second kappa shape index (κ2) is 5.37. The third kappa shape index (κ3) is 2.77. The molecule has 3 heteroatoms. The summed E-state index contributed by atoms with van der Waals surface area (Å²) in [6.45, 7) is 4.68. The predicted molar refractivity (Wildman–Crippen MR) is 85.6 cm³/mol. The molecule has 1 atom stereocenters. The molecule has 0 N–H and O–H groups in total. The van der Waals surface area contributed by atoms with E-state index < -0.39 is 0 Å². The van der Waals surface area contributed by atoms with Crippen molar-refractivity contribution in [3.63, 3.8) is 0 Å². The molecule has 1 heterocycles.